The van der Waals surface area contributed by atoms with Crippen LogP contribution < -0.4 is 0 Å². The molecule has 0 saturated carbocycles. The van der Waals surface area contributed by atoms with Crippen molar-refractivity contribution >= 4 is 12.0 Å². The quantitative estimate of drug-likeness (QED) is 0.708. The van der Waals surface area contributed by atoms with Gasteiger partial charge in [0.15, 0.2) is 0 Å². The lowest BCUT2D eigenvalue weighted by molar-refractivity contribution is -0.124. The van der Waals surface area contributed by atoms with Gasteiger partial charge in [-0.3, -0.25) is 4.79 Å². The molecule has 0 bridgehead atoms. The highest BCUT2D eigenvalue weighted by Crippen LogP contribution is 2.20. The SMILES string of the molecule is [2H]C([2H])([2H])N(C/C=C1\CCN(C(=O)OC(C)(C)C)C1=O)C([2H])([2H])[2H]. The third-order valence-corrected chi connectivity index (χ3v) is 2.26. The van der Waals surface area contributed by atoms with Crippen LogP contribution in [0.1, 0.15) is 35.4 Å². The molecule has 0 aliphatic carbocycles. The van der Waals surface area contributed by atoms with Crippen LogP contribution in [0.3, 0.4) is 0 Å². The maximum Gasteiger partial charge on any atom is 0.417 e. The highest BCUT2D eigenvalue weighted by Gasteiger charge is 2.33. The number of imide groups is 1. The van der Waals surface area contributed by atoms with E-state index in [2.05, 4.69) is 0 Å². The Hall–Kier alpha value is -1.36. The van der Waals surface area contributed by atoms with Gasteiger partial charge in [0.1, 0.15) is 5.60 Å². The van der Waals surface area contributed by atoms with Crippen molar-refractivity contribution in [2.45, 2.75) is 32.8 Å². The fourth-order valence-corrected chi connectivity index (χ4v) is 1.50. The van der Waals surface area contributed by atoms with Gasteiger partial charge in [0.2, 0.25) is 0 Å². The molecule has 0 N–H and O–H groups in total. The molecule has 5 nitrogen and oxygen atoms in total. The van der Waals surface area contributed by atoms with Gasteiger partial charge in [0.05, 0.1) is 0 Å². The number of amides is 2. The summed E-state index contributed by atoms with van der Waals surface area (Å²) in [7, 11) is 0. The van der Waals surface area contributed by atoms with Crippen molar-refractivity contribution in [1.82, 2.24) is 9.80 Å². The summed E-state index contributed by atoms with van der Waals surface area (Å²) in [5, 5.41) is 0. The fourth-order valence-electron chi connectivity index (χ4n) is 1.50. The summed E-state index contributed by atoms with van der Waals surface area (Å²) in [5.74, 6) is -0.597. The maximum atomic E-state index is 12.2. The number of likely N-dealkylation sites (tertiary alicyclic amines) is 1. The summed E-state index contributed by atoms with van der Waals surface area (Å²) in [6.07, 6.45) is 0.679. The van der Waals surface area contributed by atoms with Gasteiger partial charge >= 0.3 is 6.09 Å². The molecule has 1 heterocycles. The van der Waals surface area contributed by atoms with Crippen LogP contribution in [0.5, 0.6) is 0 Å². The highest BCUT2D eigenvalue weighted by molar-refractivity contribution is 6.04. The summed E-state index contributed by atoms with van der Waals surface area (Å²) in [5.41, 5.74) is -0.553. The van der Waals surface area contributed by atoms with Crippen molar-refractivity contribution in [3.63, 3.8) is 0 Å². The molecule has 1 aliphatic heterocycles. The van der Waals surface area contributed by atoms with Crippen molar-refractivity contribution in [1.29, 1.82) is 0 Å². The van der Waals surface area contributed by atoms with Crippen molar-refractivity contribution < 1.29 is 22.6 Å². The first kappa shape index (κ1) is 7.94. The molecule has 0 aromatic rings. The number of carbonyl (C=O) groups is 2. The molecule has 1 saturated heterocycles. The summed E-state index contributed by atoms with van der Waals surface area (Å²) in [4.78, 5) is 25.4. The molecular weight excluding hydrogens is 232 g/mol. The van der Waals surface area contributed by atoms with Gasteiger partial charge in [-0.1, -0.05) is 6.08 Å². The monoisotopic (exact) mass is 260 g/mol. The first-order chi connectivity index (χ1) is 10.6. The van der Waals surface area contributed by atoms with Crippen LogP contribution in [0.15, 0.2) is 11.6 Å². The number of hydrogen-bond donors (Lipinski definition) is 0. The Morgan fingerprint density at radius 1 is 1.56 bits per heavy atom. The van der Waals surface area contributed by atoms with Crippen LogP contribution >= 0.6 is 0 Å². The Morgan fingerprint density at radius 3 is 2.78 bits per heavy atom. The molecule has 0 aromatic heterocycles. The Balaban J connectivity index is 2.84. The molecular formula is C13H22N2O3. The molecule has 2 amide bonds. The molecule has 1 fully saturated rings. The summed E-state index contributed by atoms with van der Waals surface area (Å²) in [6, 6.07) is 0. The molecule has 5 heteroatoms. The van der Waals surface area contributed by atoms with Gasteiger partial charge in [-0.2, -0.15) is 0 Å². The molecule has 18 heavy (non-hydrogen) atoms. The average molecular weight is 260 g/mol. The second-order valence-electron chi connectivity index (χ2n) is 5.03. The smallest absolute Gasteiger partial charge is 0.417 e. The van der Waals surface area contributed by atoms with Gasteiger partial charge in [-0.25, -0.2) is 9.69 Å². The predicted octanol–water partition coefficient (Wildman–Crippen LogP) is 1.64. The van der Waals surface area contributed by atoms with Crippen molar-refractivity contribution in [3.8, 4) is 0 Å². The van der Waals surface area contributed by atoms with E-state index in [4.69, 9.17) is 13.0 Å². The van der Waals surface area contributed by atoms with E-state index >= 15 is 0 Å². The lowest BCUT2D eigenvalue weighted by Gasteiger charge is -2.23. The second-order valence-corrected chi connectivity index (χ2v) is 5.03. The van der Waals surface area contributed by atoms with Gasteiger partial charge in [-0.05, 0) is 41.1 Å². The van der Waals surface area contributed by atoms with E-state index in [0.717, 1.165) is 4.90 Å². The molecule has 0 atom stereocenters. The lowest BCUT2D eigenvalue weighted by atomic mass is 10.2. The van der Waals surface area contributed by atoms with E-state index in [1.165, 1.54) is 6.08 Å². The fraction of sp³-hybridized carbons (Fsp3) is 0.692. The van der Waals surface area contributed by atoms with E-state index in [1.54, 1.807) is 20.8 Å². The van der Waals surface area contributed by atoms with E-state index in [-0.39, 0.29) is 18.5 Å². The molecule has 1 aliphatic rings. The highest BCUT2D eigenvalue weighted by atomic mass is 16.6. The van der Waals surface area contributed by atoms with E-state index in [0.29, 0.717) is 4.90 Å². The summed E-state index contributed by atoms with van der Waals surface area (Å²) in [6.45, 7) is -0.965. The summed E-state index contributed by atoms with van der Waals surface area (Å²) >= 11 is 0. The van der Waals surface area contributed by atoms with Crippen LogP contribution in [0.4, 0.5) is 4.79 Å². The average Bonchev–Trinajstić information content (AvgIpc) is 2.65. The second kappa shape index (κ2) is 5.52. The Kier molecular flexibility index (Phi) is 2.44. The largest absolute Gasteiger partial charge is 0.443 e. The predicted molar refractivity (Wildman–Crippen MR) is 69.2 cm³/mol. The van der Waals surface area contributed by atoms with Crippen molar-refractivity contribution in [2.75, 3.05) is 27.0 Å². The minimum atomic E-state index is -2.82. The minimum Gasteiger partial charge on any atom is -0.443 e. The van der Waals surface area contributed by atoms with Gasteiger partial charge in [0, 0.05) is 26.9 Å². The third-order valence-electron chi connectivity index (χ3n) is 2.26. The Labute approximate surface area is 117 Å². The number of carbonyl (C=O) groups excluding carboxylic acids is 2. The topological polar surface area (TPSA) is 49.9 Å². The van der Waals surface area contributed by atoms with Crippen LogP contribution in [0.25, 0.3) is 0 Å². The molecule has 0 spiro atoms. The third kappa shape index (κ3) is 4.14. The number of likely N-dealkylation sites (N-methyl/N-ethyl adjacent to an activating group) is 1. The molecule has 0 unspecified atom stereocenters. The molecule has 0 radical (unpaired) electrons. The summed E-state index contributed by atoms with van der Waals surface area (Å²) < 4.78 is 48.8. The van der Waals surface area contributed by atoms with Crippen LogP contribution in [-0.2, 0) is 9.53 Å². The van der Waals surface area contributed by atoms with Crippen molar-refractivity contribution in [3.05, 3.63) is 11.6 Å². The Morgan fingerprint density at radius 2 is 2.22 bits per heavy atom. The minimum absolute atomic E-state index is 0.112. The molecule has 1 rings (SSSR count). The molecule has 0 aromatic carbocycles. The van der Waals surface area contributed by atoms with Gasteiger partial charge < -0.3 is 9.64 Å². The van der Waals surface area contributed by atoms with Crippen LogP contribution in [0.2, 0.25) is 0 Å². The zero-order valence-electron chi connectivity index (χ0n) is 16.8. The zero-order chi connectivity index (χ0) is 18.9. The number of nitrogens with zero attached hydrogens (tertiary/aromatic N) is 2. The lowest BCUT2D eigenvalue weighted by Crippen LogP contribution is -2.37. The first-order valence-electron chi connectivity index (χ1n) is 8.64. The van der Waals surface area contributed by atoms with Crippen molar-refractivity contribution in [2.24, 2.45) is 0 Å². The Bertz CT molecular complexity index is 519. The number of rotatable bonds is 2. The van der Waals surface area contributed by atoms with Gasteiger partial charge in [-0.15, -0.1) is 0 Å². The van der Waals surface area contributed by atoms with Crippen LogP contribution in [-0.4, -0.2) is 54.4 Å². The van der Waals surface area contributed by atoms with Gasteiger partial charge in [0.25, 0.3) is 5.91 Å². The maximum absolute atomic E-state index is 12.2. The van der Waals surface area contributed by atoms with Crippen LogP contribution in [0, 0.1) is 0 Å². The number of hydrogen-bond acceptors (Lipinski definition) is 4. The standard InChI is InChI=1S/C13H22N2O3/c1-13(2,3)18-12(17)15-9-7-10(11(15)16)6-8-14(4)5/h6H,7-9H2,1-5H3/b10-6+/i4D3,5D3. The zero-order valence-corrected chi connectivity index (χ0v) is 10.8. The van der Waals surface area contributed by atoms with E-state index in [1.807, 2.05) is 0 Å². The normalized spacial score (nSPS) is 25.2. The van der Waals surface area contributed by atoms with E-state index < -0.39 is 38.1 Å². The number of ether oxygens (including phenoxy) is 1. The van der Waals surface area contributed by atoms with E-state index in [9.17, 15) is 9.59 Å². The first-order valence-corrected chi connectivity index (χ1v) is 5.64. The molecule has 102 valence electrons.